The van der Waals surface area contributed by atoms with E-state index < -0.39 is 0 Å². The van der Waals surface area contributed by atoms with E-state index in [-0.39, 0.29) is 0 Å². The first-order valence-corrected chi connectivity index (χ1v) is 4.53. The summed E-state index contributed by atoms with van der Waals surface area (Å²) >= 11 is 0. The average molecular weight is 181 g/mol. The fraction of sp³-hybridized carbons (Fsp3) is 0.625. The summed E-state index contributed by atoms with van der Waals surface area (Å²) in [6.45, 7) is 5.80. The van der Waals surface area contributed by atoms with Crippen molar-refractivity contribution in [3.63, 3.8) is 0 Å². The standard InChI is InChI=1S/C8H15N5/c1-3-5-10-8-12-6-11-7(13-8)9-4-2/h6H,3-5H2,1-2H3,(H2,9,10,11,12,13). The zero-order valence-corrected chi connectivity index (χ0v) is 8.04. The third kappa shape index (κ3) is 3.23. The number of aromatic nitrogens is 3. The van der Waals surface area contributed by atoms with E-state index in [1.807, 2.05) is 6.92 Å². The zero-order valence-electron chi connectivity index (χ0n) is 8.04. The molecule has 0 radical (unpaired) electrons. The summed E-state index contributed by atoms with van der Waals surface area (Å²) < 4.78 is 0. The Morgan fingerprint density at radius 1 is 1.15 bits per heavy atom. The second kappa shape index (κ2) is 5.29. The molecule has 5 nitrogen and oxygen atoms in total. The molecule has 0 amide bonds. The molecule has 0 aromatic carbocycles. The number of hydrogen-bond donors (Lipinski definition) is 2. The molecule has 0 aliphatic heterocycles. The van der Waals surface area contributed by atoms with E-state index in [1.54, 1.807) is 0 Å². The number of nitrogens with zero attached hydrogens (tertiary/aromatic N) is 3. The van der Waals surface area contributed by atoms with Crippen molar-refractivity contribution in [3.8, 4) is 0 Å². The van der Waals surface area contributed by atoms with Crippen LogP contribution in [0.3, 0.4) is 0 Å². The molecule has 0 fully saturated rings. The number of anilines is 2. The Bertz CT molecular complexity index is 250. The van der Waals surface area contributed by atoms with Gasteiger partial charge in [-0.15, -0.1) is 0 Å². The van der Waals surface area contributed by atoms with Crippen LogP contribution in [0, 0.1) is 0 Å². The van der Waals surface area contributed by atoms with E-state index in [2.05, 4.69) is 32.5 Å². The van der Waals surface area contributed by atoms with Gasteiger partial charge in [-0.1, -0.05) is 6.92 Å². The largest absolute Gasteiger partial charge is 0.354 e. The molecule has 72 valence electrons. The second-order valence-electron chi connectivity index (χ2n) is 2.59. The topological polar surface area (TPSA) is 62.7 Å². The van der Waals surface area contributed by atoms with Gasteiger partial charge in [-0.2, -0.15) is 4.98 Å². The summed E-state index contributed by atoms with van der Waals surface area (Å²) in [5.74, 6) is 1.25. The van der Waals surface area contributed by atoms with Gasteiger partial charge in [-0.3, -0.25) is 0 Å². The summed E-state index contributed by atoms with van der Waals surface area (Å²) in [5, 5.41) is 6.11. The molecule has 1 aromatic rings. The maximum absolute atomic E-state index is 4.16. The summed E-state index contributed by atoms with van der Waals surface area (Å²) in [6, 6.07) is 0. The first-order chi connectivity index (χ1) is 6.36. The molecule has 1 heterocycles. The lowest BCUT2D eigenvalue weighted by Crippen LogP contribution is -2.08. The van der Waals surface area contributed by atoms with Gasteiger partial charge >= 0.3 is 0 Å². The van der Waals surface area contributed by atoms with Crippen molar-refractivity contribution in [3.05, 3.63) is 6.33 Å². The van der Waals surface area contributed by atoms with Crippen molar-refractivity contribution in [2.24, 2.45) is 0 Å². The first-order valence-electron chi connectivity index (χ1n) is 4.53. The normalized spacial score (nSPS) is 9.69. The molecule has 0 spiro atoms. The SMILES string of the molecule is CCCNc1ncnc(NCC)n1. The highest BCUT2D eigenvalue weighted by atomic mass is 15.2. The fourth-order valence-electron chi connectivity index (χ4n) is 0.862. The zero-order chi connectivity index (χ0) is 9.52. The van der Waals surface area contributed by atoms with E-state index in [1.165, 1.54) is 6.33 Å². The highest BCUT2D eigenvalue weighted by Crippen LogP contribution is 2.00. The van der Waals surface area contributed by atoms with Crippen LogP contribution in [0.2, 0.25) is 0 Å². The van der Waals surface area contributed by atoms with Crippen LogP contribution in [0.4, 0.5) is 11.9 Å². The molecular formula is C8H15N5. The lowest BCUT2D eigenvalue weighted by Gasteiger charge is -2.04. The molecule has 13 heavy (non-hydrogen) atoms. The summed E-state index contributed by atoms with van der Waals surface area (Å²) in [5.41, 5.74) is 0. The van der Waals surface area contributed by atoms with Crippen molar-refractivity contribution in [2.45, 2.75) is 20.3 Å². The average Bonchev–Trinajstić information content (AvgIpc) is 2.16. The smallest absolute Gasteiger partial charge is 0.227 e. The third-order valence-electron chi connectivity index (χ3n) is 1.44. The van der Waals surface area contributed by atoms with E-state index in [0.717, 1.165) is 19.5 Å². The van der Waals surface area contributed by atoms with Crippen LogP contribution >= 0.6 is 0 Å². The Morgan fingerprint density at radius 2 is 1.85 bits per heavy atom. The van der Waals surface area contributed by atoms with Gasteiger partial charge in [0.05, 0.1) is 0 Å². The van der Waals surface area contributed by atoms with Crippen LogP contribution in [0.15, 0.2) is 6.33 Å². The highest BCUT2D eigenvalue weighted by Gasteiger charge is 1.96. The summed E-state index contributed by atoms with van der Waals surface area (Å²) in [4.78, 5) is 12.1. The molecule has 2 N–H and O–H groups in total. The monoisotopic (exact) mass is 181 g/mol. The predicted molar refractivity (Wildman–Crippen MR) is 52.8 cm³/mol. The quantitative estimate of drug-likeness (QED) is 0.712. The van der Waals surface area contributed by atoms with Gasteiger partial charge in [0.15, 0.2) is 0 Å². The number of nitrogens with one attached hydrogen (secondary N) is 2. The summed E-state index contributed by atoms with van der Waals surface area (Å²) in [6.07, 6.45) is 2.56. The molecule has 5 heteroatoms. The van der Waals surface area contributed by atoms with E-state index in [9.17, 15) is 0 Å². The van der Waals surface area contributed by atoms with Crippen molar-refractivity contribution in [1.82, 2.24) is 15.0 Å². The van der Waals surface area contributed by atoms with Gasteiger partial charge in [-0.25, -0.2) is 9.97 Å². The van der Waals surface area contributed by atoms with Gasteiger partial charge in [-0.05, 0) is 13.3 Å². The molecule has 0 aliphatic carbocycles. The molecule has 0 saturated heterocycles. The predicted octanol–water partition coefficient (Wildman–Crippen LogP) is 1.13. The molecule has 0 unspecified atom stereocenters. The maximum atomic E-state index is 4.16. The molecule has 0 atom stereocenters. The minimum atomic E-state index is 0.621. The highest BCUT2D eigenvalue weighted by molar-refractivity contribution is 5.32. The lowest BCUT2D eigenvalue weighted by atomic mass is 10.5. The molecule has 0 saturated carbocycles. The van der Waals surface area contributed by atoms with Crippen LogP contribution in [0.25, 0.3) is 0 Å². The Balaban J connectivity index is 2.56. The number of hydrogen-bond acceptors (Lipinski definition) is 5. The van der Waals surface area contributed by atoms with Crippen molar-refractivity contribution in [2.75, 3.05) is 23.7 Å². The first kappa shape index (κ1) is 9.70. The van der Waals surface area contributed by atoms with Crippen LogP contribution < -0.4 is 10.6 Å². The molecule has 0 aliphatic rings. The lowest BCUT2D eigenvalue weighted by molar-refractivity contribution is 0.935. The van der Waals surface area contributed by atoms with Crippen molar-refractivity contribution >= 4 is 11.9 Å². The van der Waals surface area contributed by atoms with Crippen LogP contribution in [0.1, 0.15) is 20.3 Å². The minimum absolute atomic E-state index is 0.621. The maximum Gasteiger partial charge on any atom is 0.227 e. The van der Waals surface area contributed by atoms with Gasteiger partial charge in [0, 0.05) is 13.1 Å². The number of rotatable bonds is 5. The van der Waals surface area contributed by atoms with Crippen LogP contribution in [-0.2, 0) is 0 Å². The molecule has 1 rings (SSSR count). The van der Waals surface area contributed by atoms with Gasteiger partial charge in [0.25, 0.3) is 0 Å². The summed E-state index contributed by atoms with van der Waals surface area (Å²) in [7, 11) is 0. The molecule has 0 bridgehead atoms. The van der Waals surface area contributed by atoms with Crippen LogP contribution in [-0.4, -0.2) is 28.0 Å². The van der Waals surface area contributed by atoms with Gasteiger partial charge in [0.1, 0.15) is 6.33 Å². The minimum Gasteiger partial charge on any atom is -0.354 e. The molecular weight excluding hydrogens is 166 g/mol. The van der Waals surface area contributed by atoms with E-state index in [4.69, 9.17) is 0 Å². The van der Waals surface area contributed by atoms with Gasteiger partial charge in [0.2, 0.25) is 11.9 Å². The van der Waals surface area contributed by atoms with E-state index in [0.29, 0.717) is 11.9 Å². The molecule has 1 aromatic heterocycles. The Labute approximate surface area is 78.0 Å². The van der Waals surface area contributed by atoms with Gasteiger partial charge < -0.3 is 10.6 Å². The Kier molecular flexibility index (Phi) is 3.95. The van der Waals surface area contributed by atoms with E-state index >= 15 is 0 Å². The fourth-order valence-corrected chi connectivity index (χ4v) is 0.862. The Morgan fingerprint density at radius 3 is 2.46 bits per heavy atom. The van der Waals surface area contributed by atoms with Crippen molar-refractivity contribution < 1.29 is 0 Å². The second-order valence-corrected chi connectivity index (χ2v) is 2.59. The van der Waals surface area contributed by atoms with Crippen LogP contribution in [0.5, 0.6) is 0 Å². The third-order valence-corrected chi connectivity index (χ3v) is 1.44. The Hall–Kier alpha value is -1.39. The van der Waals surface area contributed by atoms with Crippen molar-refractivity contribution in [1.29, 1.82) is 0 Å².